The molecule has 0 bridgehead atoms. The Morgan fingerprint density at radius 1 is 0.458 bits per heavy atom. The number of rotatable bonds is 46. The average molecular weight is 1030 g/mol. The maximum Gasteiger partial charge on any atom is 0.306 e. The fourth-order valence-electron chi connectivity index (χ4n) is 8.86. The second-order valence-electron chi connectivity index (χ2n) is 20.1. The summed E-state index contributed by atoms with van der Waals surface area (Å²) in [6.07, 6.45) is 37.5. The SMILES string of the molecule is CCCC/C=C\C/C=C\CCCCCCCC(=O)OC(COCCCCCCCCCCCCCC/C=C\C/C=C\CCCCCCC)COC1OC(COC2OC(CO)C(O)C(O)C2O)C(O)C(O)C1O. The molecule has 0 aliphatic carbocycles. The smallest absolute Gasteiger partial charge is 0.306 e. The molecule has 11 atom stereocenters. The maximum atomic E-state index is 13.0. The van der Waals surface area contributed by atoms with Crippen LogP contribution in [0.2, 0.25) is 0 Å². The van der Waals surface area contributed by atoms with Crippen LogP contribution in [0.3, 0.4) is 0 Å². The maximum absolute atomic E-state index is 13.0. The van der Waals surface area contributed by atoms with Crippen LogP contribution in [0.15, 0.2) is 48.6 Å². The normalized spacial score (nSPS) is 25.5. The van der Waals surface area contributed by atoms with Gasteiger partial charge in [-0.2, -0.15) is 0 Å². The zero-order valence-corrected chi connectivity index (χ0v) is 44.9. The number of carbonyl (C=O) groups is 1. The Balaban J connectivity index is 1.70. The molecule has 2 aliphatic heterocycles. The zero-order chi connectivity index (χ0) is 52.3. The van der Waals surface area contributed by atoms with Gasteiger partial charge in [-0.25, -0.2) is 0 Å². The summed E-state index contributed by atoms with van der Waals surface area (Å²) in [4.78, 5) is 13.0. The Bertz CT molecular complexity index is 1370. The Labute approximate surface area is 435 Å². The Hall–Kier alpha value is -2.05. The lowest BCUT2D eigenvalue weighted by molar-refractivity contribution is -0.332. The topological polar surface area (TPSA) is 214 Å². The van der Waals surface area contributed by atoms with Crippen LogP contribution in [0.4, 0.5) is 0 Å². The third-order valence-corrected chi connectivity index (χ3v) is 13.6. The summed E-state index contributed by atoms with van der Waals surface area (Å²) >= 11 is 0. The number of ether oxygens (including phenoxy) is 6. The second-order valence-corrected chi connectivity index (χ2v) is 20.1. The number of esters is 1. The minimum absolute atomic E-state index is 0.0546. The van der Waals surface area contributed by atoms with Gasteiger partial charge in [0.25, 0.3) is 0 Å². The van der Waals surface area contributed by atoms with Crippen molar-refractivity contribution < 1.29 is 69.0 Å². The van der Waals surface area contributed by atoms with Gasteiger partial charge in [0.1, 0.15) is 54.9 Å². The van der Waals surface area contributed by atoms with Gasteiger partial charge in [-0.1, -0.05) is 184 Å². The van der Waals surface area contributed by atoms with E-state index in [1.165, 1.54) is 116 Å². The van der Waals surface area contributed by atoms with Gasteiger partial charge in [0.2, 0.25) is 0 Å². The molecule has 2 heterocycles. The Morgan fingerprint density at radius 2 is 0.875 bits per heavy atom. The fourth-order valence-corrected chi connectivity index (χ4v) is 8.86. The minimum atomic E-state index is -1.71. The molecule has 72 heavy (non-hydrogen) atoms. The Morgan fingerprint density at radius 3 is 1.38 bits per heavy atom. The molecule has 420 valence electrons. The van der Waals surface area contributed by atoms with Gasteiger partial charge < -0.3 is 64.2 Å². The molecule has 0 aromatic heterocycles. The van der Waals surface area contributed by atoms with Crippen LogP contribution in [0.5, 0.6) is 0 Å². The lowest BCUT2D eigenvalue weighted by atomic mass is 9.98. The summed E-state index contributed by atoms with van der Waals surface area (Å²) in [7, 11) is 0. The summed E-state index contributed by atoms with van der Waals surface area (Å²) in [6.45, 7) is 3.63. The van der Waals surface area contributed by atoms with Crippen molar-refractivity contribution in [3.05, 3.63) is 48.6 Å². The van der Waals surface area contributed by atoms with E-state index in [0.717, 1.165) is 70.6 Å². The number of hydrogen-bond donors (Lipinski definition) is 7. The highest BCUT2D eigenvalue weighted by atomic mass is 16.7. The summed E-state index contributed by atoms with van der Waals surface area (Å²) in [5, 5.41) is 72.3. The molecule has 14 heteroatoms. The Kier molecular flexibility index (Phi) is 41.4. The molecule has 2 fully saturated rings. The molecule has 0 radical (unpaired) electrons. The van der Waals surface area contributed by atoms with E-state index in [-0.39, 0.29) is 19.6 Å². The van der Waals surface area contributed by atoms with Gasteiger partial charge in [-0.15, -0.1) is 0 Å². The van der Waals surface area contributed by atoms with Gasteiger partial charge >= 0.3 is 5.97 Å². The summed E-state index contributed by atoms with van der Waals surface area (Å²) in [5.41, 5.74) is 0. The molecule has 2 rings (SSSR count). The van der Waals surface area contributed by atoms with Crippen molar-refractivity contribution in [2.75, 3.05) is 33.0 Å². The van der Waals surface area contributed by atoms with Crippen LogP contribution in [0.1, 0.15) is 213 Å². The molecule has 7 N–H and O–H groups in total. The predicted molar refractivity (Wildman–Crippen MR) is 284 cm³/mol. The highest BCUT2D eigenvalue weighted by Gasteiger charge is 2.47. The number of hydrogen-bond acceptors (Lipinski definition) is 14. The van der Waals surface area contributed by atoms with Crippen molar-refractivity contribution in [1.82, 2.24) is 0 Å². The molecule has 0 amide bonds. The van der Waals surface area contributed by atoms with E-state index < -0.39 is 86.7 Å². The lowest BCUT2D eigenvalue weighted by Gasteiger charge is -2.42. The van der Waals surface area contributed by atoms with E-state index >= 15 is 0 Å². The molecular weight excluding hydrogens is 921 g/mol. The van der Waals surface area contributed by atoms with E-state index in [1.807, 2.05) is 0 Å². The minimum Gasteiger partial charge on any atom is -0.457 e. The van der Waals surface area contributed by atoms with Crippen molar-refractivity contribution in [2.45, 2.75) is 280 Å². The zero-order valence-electron chi connectivity index (χ0n) is 44.9. The van der Waals surface area contributed by atoms with Gasteiger partial charge in [0.05, 0.1) is 26.4 Å². The standard InChI is InChI=1S/C58H104O14/c1-3-5-7-9-11-13-15-17-19-20-21-22-23-24-25-26-27-28-30-32-34-36-38-40-42-67-44-47(70-50(60)41-39-37-35-33-31-29-18-16-14-12-10-8-6-4-2)45-68-57-56(66)54(64)52(62)49(72-57)46-69-58-55(65)53(63)51(61)48(43-59)71-58/h10,12,15-18,20-21,47-49,51-59,61-66H,3-9,11,13-14,19,22-46H2,1-2H3/b12-10-,17-15-,18-16-,21-20-. The third kappa shape index (κ3) is 31.7. The molecule has 2 aliphatic rings. The quantitative estimate of drug-likeness (QED) is 0.0172. The van der Waals surface area contributed by atoms with Gasteiger partial charge in [-0.05, 0) is 70.6 Å². The fraction of sp³-hybridized carbons (Fsp3) is 0.845. The van der Waals surface area contributed by atoms with Crippen molar-refractivity contribution >= 4 is 5.97 Å². The molecule has 0 aromatic carbocycles. The van der Waals surface area contributed by atoms with E-state index in [1.54, 1.807) is 0 Å². The first-order valence-electron chi connectivity index (χ1n) is 28.7. The van der Waals surface area contributed by atoms with Crippen LogP contribution in [-0.4, -0.2) is 142 Å². The summed E-state index contributed by atoms with van der Waals surface area (Å²) < 4.78 is 34.3. The monoisotopic (exact) mass is 1020 g/mol. The van der Waals surface area contributed by atoms with Crippen molar-refractivity contribution in [3.63, 3.8) is 0 Å². The number of aliphatic hydroxyl groups is 7. The van der Waals surface area contributed by atoms with Crippen LogP contribution in [-0.2, 0) is 33.2 Å². The van der Waals surface area contributed by atoms with E-state index in [0.29, 0.717) is 13.0 Å². The first-order valence-corrected chi connectivity index (χ1v) is 28.7. The van der Waals surface area contributed by atoms with Crippen LogP contribution >= 0.6 is 0 Å². The second kappa shape index (κ2) is 45.2. The molecular formula is C58H104O14. The van der Waals surface area contributed by atoms with Crippen molar-refractivity contribution in [2.24, 2.45) is 0 Å². The van der Waals surface area contributed by atoms with Crippen LogP contribution in [0.25, 0.3) is 0 Å². The largest absolute Gasteiger partial charge is 0.457 e. The summed E-state index contributed by atoms with van der Waals surface area (Å²) in [5.74, 6) is -0.390. The number of unbranched alkanes of at least 4 members (excludes halogenated alkanes) is 24. The molecule has 2 saturated heterocycles. The van der Waals surface area contributed by atoms with Crippen molar-refractivity contribution in [3.8, 4) is 0 Å². The molecule has 0 saturated carbocycles. The molecule has 0 aromatic rings. The van der Waals surface area contributed by atoms with Gasteiger partial charge in [-0.3, -0.25) is 4.79 Å². The van der Waals surface area contributed by atoms with Crippen LogP contribution in [0, 0.1) is 0 Å². The average Bonchev–Trinajstić information content (AvgIpc) is 3.38. The first-order chi connectivity index (χ1) is 35.1. The van der Waals surface area contributed by atoms with Gasteiger partial charge in [0.15, 0.2) is 12.6 Å². The van der Waals surface area contributed by atoms with E-state index in [4.69, 9.17) is 28.4 Å². The van der Waals surface area contributed by atoms with Gasteiger partial charge in [0, 0.05) is 13.0 Å². The number of aliphatic hydroxyl groups excluding tert-OH is 7. The first kappa shape index (κ1) is 66.1. The molecule has 0 spiro atoms. The third-order valence-electron chi connectivity index (χ3n) is 13.6. The lowest BCUT2D eigenvalue weighted by Crippen LogP contribution is -2.61. The van der Waals surface area contributed by atoms with E-state index in [2.05, 4.69) is 62.5 Å². The highest BCUT2D eigenvalue weighted by Crippen LogP contribution is 2.26. The summed E-state index contributed by atoms with van der Waals surface area (Å²) in [6, 6.07) is 0. The highest BCUT2D eigenvalue weighted by molar-refractivity contribution is 5.69. The number of carbonyl (C=O) groups excluding carboxylic acids is 1. The van der Waals surface area contributed by atoms with Crippen LogP contribution < -0.4 is 0 Å². The van der Waals surface area contributed by atoms with E-state index in [9.17, 15) is 40.5 Å². The predicted octanol–water partition coefficient (Wildman–Crippen LogP) is 9.91. The van der Waals surface area contributed by atoms with Crippen molar-refractivity contribution in [1.29, 1.82) is 0 Å². The molecule has 14 nitrogen and oxygen atoms in total. The number of allylic oxidation sites excluding steroid dienone is 8. The molecule has 11 unspecified atom stereocenters.